The largest absolute Gasteiger partial charge is 0.478 e. The first-order valence-electron chi connectivity index (χ1n) is 8.92. The summed E-state index contributed by atoms with van der Waals surface area (Å²) in [6, 6.07) is 15.9. The van der Waals surface area contributed by atoms with Gasteiger partial charge in [-0.15, -0.1) is 0 Å². The molecular formula is C21H20N2O4. The van der Waals surface area contributed by atoms with Gasteiger partial charge >= 0.3 is 5.97 Å². The number of aliphatic hydroxyl groups excluding tert-OH is 1. The van der Waals surface area contributed by atoms with E-state index < -0.39 is 12.1 Å². The Morgan fingerprint density at radius 3 is 2.33 bits per heavy atom. The van der Waals surface area contributed by atoms with E-state index >= 15 is 0 Å². The minimum absolute atomic E-state index is 0.135. The number of aliphatic hydroxyl groups is 1. The predicted molar refractivity (Wildman–Crippen MR) is 102 cm³/mol. The van der Waals surface area contributed by atoms with Crippen LogP contribution in [0, 0.1) is 0 Å². The molecule has 0 amide bonds. The quantitative estimate of drug-likeness (QED) is 0.742. The fourth-order valence-corrected chi connectivity index (χ4v) is 3.80. The molecule has 1 aromatic heterocycles. The normalized spacial score (nSPS) is 17.4. The van der Waals surface area contributed by atoms with Crippen LogP contribution in [0.25, 0.3) is 16.5 Å². The van der Waals surface area contributed by atoms with Gasteiger partial charge in [-0.05, 0) is 24.6 Å². The second kappa shape index (κ2) is 6.98. The minimum Gasteiger partial charge on any atom is -0.478 e. The van der Waals surface area contributed by atoms with E-state index in [4.69, 9.17) is 0 Å². The Bertz CT molecular complexity index is 1060. The van der Waals surface area contributed by atoms with E-state index in [9.17, 15) is 19.8 Å². The van der Waals surface area contributed by atoms with Crippen molar-refractivity contribution in [2.75, 3.05) is 13.1 Å². The van der Waals surface area contributed by atoms with Gasteiger partial charge in [0.2, 0.25) is 0 Å². The Labute approximate surface area is 155 Å². The molecule has 2 N–H and O–H groups in total. The van der Waals surface area contributed by atoms with Crippen LogP contribution < -0.4 is 5.56 Å². The van der Waals surface area contributed by atoms with E-state index in [0.717, 1.165) is 0 Å². The number of para-hydroxylation sites is 1. The molecule has 4 rings (SSSR count). The lowest BCUT2D eigenvalue weighted by Crippen LogP contribution is -2.31. The summed E-state index contributed by atoms with van der Waals surface area (Å²) in [5.74, 6) is -1.06. The van der Waals surface area contributed by atoms with Crippen molar-refractivity contribution < 1.29 is 15.0 Å². The number of likely N-dealkylation sites (tertiary alicyclic amines) is 1. The van der Waals surface area contributed by atoms with Gasteiger partial charge in [-0.3, -0.25) is 14.3 Å². The molecule has 0 radical (unpaired) electrons. The number of nitrogens with zero attached hydrogens (tertiary/aromatic N) is 2. The highest BCUT2D eigenvalue weighted by molar-refractivity contribution is 6.04. The average molecular weight is 364 g/mol. The Morgan fingerprint density at radius 2 is 1.70 bits per heavy atom. The number of benzene rings is 2. The average Bonchev–Trinajstić information content (AvgIpc) is 3.07. The number of aromatic nitrogens is 1. The lowest BCUT2D eigenvalue weighted by atomic mass is 10.0. The molecule has 1 atom stereocenters. The maximum absolute atomic E-state index is 13.3. The lowest BCUT2D eigenvalue weighted by Gasteiger charge is -2.22. The molecule has 0 spiro atoms. The van der Waals surface area contributed by atoms with Gasteiger partial charge in [0.1, 0.15) is 0 Å². The van der Waals surface area contributed by atoms with Crippen molar-refractivity contribution in [2.24, 2.45) is 0 Å². The molecule has 1 saturated heterocycles. The lowest BCUT2D eigenvalue weighted by molar-refractivity contribution is 0.0695. The predicted octanol–water partition coefficient (Wildman–Crippen LogP) is 2.26. The summed E-state index contributed by atoms with van der Waals surface area (Å²) >= 11 is 0. The second-order valence-corrected chi connectivity index (χ2v) is 6.83. The molecule has 0 bridgehead atoms. The van der Waals surface area contributed by atoms with Gasteiger partial charge < -0.3 is 10.2 Å². The molecule has 2 aromatic carbocycles. The number of hydrogen-bond donors (Lipinski definition) is 2. The van der Waals surface area contributed by atoms with Crippen LogP contribution in [0.5, 0.6) is 0 Å². The highest BCUT2D eigenvalue weighted by Crippen LogP contribution is 2.25. The maximum Gasteiger partial charge on any atom is 0.338 e. The zero-order valence-electron chi connectivity index (χ0n) is 14.7. The SMILES string of the molecule is O=C(O)c1c(CN2CCC(O)C2)n(-c2ccccc2)c(=O)c2ccccc12. The fraction of sp³-hybridized carbons (Fsp3) is 0.238. The van der Waals surface area contributed by atoms with E-state index in [1.807, 2.05) is 23.1 Å². The van der Waals surface area contributed by atoms with E-state index in [-0.39, 0.29) is 17.7 Å². The molecule has 1 aliphatic rings. The zero-order valence-corrected chi connectivity index (χ0v) is 14.7. The molecule has 6 nitrogen and oxygen atoms in total. The van der Waals surface area contributed by atoms with Gasteiger partial charge in [0.25, 0.3) is 5.56 Å². The maximum atomic E-state index is 13.3. The summed E-state index contributed by atoms with van der Waals surface area (Å²) < 4.78 is 1.50. The van der Waals surface area contributed by atoms with Crippen LogP contribution in [0.1, 0.15) is 22.5 Å². The molecule has 1 aliphatic heterocycles. The summed E-state index contributed by atoms with van der Waals surface area (Å²) in [4.78, 5) is 27.4. The van der Waals surface area contributed by atoms with Crippen LogP contribution in [0.4, 0.5) is 0 Å². The third-order valence-corrected chi connectivity index (χ3v) is 5.04. The topological polar surface area (TPSA) is 82.8 Å². The molecule has 1 fully saturated rings. The third-order valence-electron chi connectivity index (χ3n) is 5.04. The van der Waals surface area contributed by atoms with Gasteiger partial charge in [-0.25, -0.2) is 4.79 Å². The monoisotopic (exact) mass is 364 g/mol. The van der Waals surface area contributed by atoms with Crippen LogP contribution in [-0.2, 0) is 6.54 Å². The van der Waals surface area contributed by atoms with Crippen LogP contribution in [0.15, 0.2) is 59.4 Å². The van der Waals surface area contributed by atoms with Crippen LogP contribution in [0.3, 0.4) is 0 Å². The molecule has 0 saturated carbocycles. The van der Waals surface area contributed by atoms with Gasteiger partial charge in [-0.1, -0.05) is 36.4 Å². The van der Waals surface area contributed by atoms with Crippen molar-refractivity contribution in [3.05, 3.63) is 76.2 Å². The van der Waals surface area contributed by atoms with Crippen LogP contribution in [-0.4, -0.2) is 44.8 Å². The number of aromatic carboxylic acids is 1. The molecule has 2 heterocycles. The molecule has 138 valence electrons. The number of β-amino-alcohol motifs (C(OH)–C–C–N with tert-alkyl or cyclic N) is 1. The van der Waals surface area contributed by atoms with Crippen molar-refractivity contribution in [1.82, 2.24) is 9.47 Å². The van der Waals surface area contributed by atoms with Crippen molar-refractivity contribution >= 4 is 16.7 Å². The molecule has 3 aromatic rings. The number of rotatable bonds is 4. The number of fused-ring (bicyclic) bond motifs is 1. The minimum atomic E-state index is -1.06. The van der Waals surface area contributed by atoms with Gasteiger partial charge in [0.15, 0.2) is 0 Å². The molecule has 1 unspecified atom stereocenters. The Balaban J connectivity index is 2.03. The number of hydrogen-bond acceptors (Lipinski definition) is 4. The Hall–Kier alpha value is -2.96. The first kappa shape index (κ1) is 17.5. The molecular weight excluding hydrogens is 344 g/mol. The van der Waals surface area contributed by atoms with Crippen molar-refractivity contribution in [1.29, 1.82) is 0 Å². The Morgan fingerprint density at radius 1 is 1.04 bits per heavy atom. The van der Waals surface area contributed by atoms with Gasteiger partial charge in [0.05, 0.1) is 17.4 Å². The van der Waals surface area contributed by atoms with E-state index in [0.29, 0.717) is 41.7 Å². The van der Waals surface area contributed by atoms with E-state index in [2.05, 4.69) is 0 Å². The first-order chi connectivity index (χ1) is 13.1. The second-order valence-electron chi connectivity index (χ2n) is 6.83. The van der Waals surface area contributed by atoms with Crippen molar-refractivity contribution in [3.63, 3.8) is 0 Å². The van der Waals surface area contributed by atoms with Crippen LogP contribution in [0.2, 0.25) is 0 Å². The summed E-state index contributed by atoms with van der Waals surface area (Å²) in [5.41, 5.74) is 0.962. The van der Waals surface area contributed by atoms with E-state index in [1.54, 1.807) is 36.4 Å². The zero-order chi connectivity index (χ0) is 19.0. The number of pyridine rings is 1. The highest BCUT2D eigenvalue weighted by atomic mass is 16.4. The summed E-state index contributed by atoms with van der Waals surface area (Å²) in [7, 11) is 0. The van der Waals surface area contributed by atoms with E-state index in [1.165, 1.54) is 4.57 Å². The van der Waals surface area contributed by atoms with Crippen LogP contribution >= 0.6 is 0 Å². The fourth-order valence-electron chi connectivity index (χ4n) is 3.80. The number of carbonyl (C=O) groups is 1. The van der Waals surface area contributed by atoms with Crippen molar-refractivity contribution in [2.45, 2.75) is 19.1 Å². The summed E-state index contributed by atoms with van der Waals surface area (Å²) in [6.45, 7) is 1.42. The molecule has 27 heavy (non-hydrogen) atoms. The van der Waals surface area contributed by atoms with Crippen molar-refractivity contribution in [3.8, 4) is 5.69 Å². The summed E-state index contributed by atoms with van der Waals surface area (Å²) in [5, 5.41) is 20.6. The number of carboxylic acids is 1. The molecule has 6 heteroatoms. The Kier molecular flexibility index (Phi) is 4.51. The van der Waals surface area contributed by atoms with Gasteiger partial charge in [-0.2, -0.15) is 0 Å². The molecule has 0 aliphatic carbocycles. The first-order valence-corrected chi connectivity index (χ1v) is 8.92. The van der Waals surface area contributed by atoms with Gasteiger partial charge in [0, 0.05) is 36.1 Å². The smallest absolute Gasteiger partial charge is 0.338 e. The summed E-state index contributed by atoms with van der Waals surface area (Å²) in [6.07, 6.45) is 0.224. The highest BCUT2D eigenvalue weighted by Gasteiger charge is 2.27. The number of carboxylic acid groups (broad SMARTS) is 1. The third kappa shape index (κ3) is 3.13. The standard InChI is InChI=1S/C21H20N2O4/c24-15-10-11-22(12-15)13-18-19(21(26)27)16-8-4-5-9-17(16)20(25)23(18)14-6-2-1-3-7-14/h1-9,15,24H,10-13H2,(H,26,27).